The molecule has 1 unspecified atom stereocenters. The molecule has 1 fully saturated rings. The summed E-state index contributed by atoms with van der Waals surface area (Å²) in [7, 11) is 1.66. The van der Waals surface area contributed by atoms with Gasteiger partial charge in [0.2, 0.25) is 5.91 Å². The first-order valence-corrected chi connectivity index (χ1v) is 8.19. The third-order valence-corrected chi connectivity index (χ3v) is 4.25. The normalized spacial score (nSPS) is 18.2. The van der Waals surface area contributed by atoms with Gasteiger partial charge in [-0.1, -0.05) is 12.1 Å². The zero-order chi connectivity index (χ0) is 18.4. The van der Waals surface area contributed by atoms with Crippen LogP contribution in [0.2, 0.25) is 0 Å². The van der Waals surface area contributed by atoms with Gasteiger partial charge in [0.15, 0.2) is 5.96 Å². The number of aliphatic imine (C=N–C) groups is 1. The third-order valence-electron chi connectivity index (χ3n) is 4.25. The number of hydrogen-bond donors (Lipinski definition) is 2. The van der Waals surface area contributed by atoms with Gasteiger partial charge in [0.05, 0.1) is 5.56 Å². The fourth-order valence-electron chi connectivity index (χ4n) is 3.03. The van der Waals surface area contributed by atoms with E-state index in [0.29, 0.717) is 25.5 Å². The molecule has 3 N–H and O–H groups in total. The molecule has 1 aromatic carbocycles. The number of nitrogens with one attached hydrogen (secondary N) is 1. The van der Waals surface area contributed by atoms with Crippen molar-refractivity contribution in [1.82, 2.24) is 10.2 Å². The van der Waals surface area contributed by atoms with Crippen LogP contribution in [0.25, 0.3) is 0 Å². The highest BCUT2D eigenvalue weighted by atomic mass is 127. The summed E-state index contributed by atoms with van der Waals surface area (Å²) >= 11 is 0. The lowest BCUT2D eigenvalue weighted by atomic mass is 9.95. The van der Waals surface area contributed by atoms with Crippen molar-refractivity contribution in [2.75, 3.05) is 20.1 Å². The number of alkyl halides is 3. The largest absolute Gasteiger partial charge is 0.416 e. The van der Waals surface area contributed by atoms with E-state index in [1.54, 1.807) is 7.05 Å². The maximum absolute atomic E-state index is 12.6. The van der Waals surface area contributed by atoms with Crippen molar-refractivity contribution >= 4 is 35.8 Å². The summed E-state index contributed by atoms with van der Waals surface area (Å²) in [5.41, 5.74) is 5.35. The Bertz CT molecular complexity index is 619. The number of nitrogens with two attached hydrogens (primary N) is 1. The topological polar surface area (TPSA) is 70.7 Å². The molecule has 0 bridgehead atoms. The zero-order valence-corrected chi connectivity index (χ0v) is 16.9. The van der Waals surface area contributed by atoms with Crippen LogP contribution in [0.15, 0.2) is 29.3 Å². The Morgan fingerprint density at radius 2 is 2.00 bits per heavy atom. The maximum atomic E-state index is 12.6. The highest BCUT2D eigenvalue weighted by Crippen LogP contribution is 2.29. The van der Waals surface area contributed by atoms with Crippen LogP contribution in [0, 0.1) is 5.92 Å². The molecule has 1 aliphatic heterocycles. The number of carbonyl (C=O) groups is 1. The average Bonchev–Trinajstić information content (AvgIpc) is 2.55. The second-order valence-electron chi connectivity index (χ2n) is 6.22. The number of piperidine rings is 1. The van der Waals surface area contributed by atoms with Gasteiger partial charge >= 0.3 is 6.18 Å². The van der Waals surface area contributed by atoms with Crippen LogP contribution in [0.3, 0.4) is 0 Å². The monoisotopic (exact) mass is 484 g/mol. The van der Waals surface area contributed by atoms with Crippen molar-refractivity contribution in [3.63, 3.8) is 0 Å². The first-order chi connectivity index (χ1) is 11.8. The van der Waals surface area contributed by atoms with Crippen molar-refractivity contribution in [3.05, 3.63) is 35.4 Å². The van der Waals surface area contributed by atoms with Crippen molar-refractivity contribution in [2.24, 2.45) is 16.6 Å². The van der Waals surface area contributed by atoms with E-state index in [0.717, 1.165) is 37.1 Å². The highest BCUT2D eigenvalue weighted by molar-refractivity contribution is 14.0. The van der Waals surface area contributed by atoms with Crippen LogP contribution in [-0.2, 0) is 17.5 Å². The van der Waals surface area contributed by atoms with Crippen LogP contribution >= 0.6 is 24.0 Å². The van der Waals surface area contributed by atoms with Crippen molar-refractivity contribution in [2.45, 2.75) is 32.0 Å². The average molecular weight is 484 g/mol. The lowest BCUT2D eigenvalue weighted by Crippen LogP contribution is -2.46. The molecule has 1 aromatic rings. The quantitative estimate of drug-likeness (QED) is 0.393. The Morgan fingerprint density at radius 1 is 1.35 bits per heavy atom. The van der Waals surface area contributed by atoms with E-state index in [2.05, 4.69) is 15.2 Å². The van der Waals surface area contributed by atoms with Crippen LogP contribution in [-0.4, -0.2) is 36.9 Å². The molecule has 146 valence electrons. The van der Waals surface area contributed by atoms with Gasteiger partial charge in [-0.3, -0.25) is 9.79 Å². The molecule has 0 radical (unpaired) electrons. The van der Waals surface area contributed by atoms with Gasteiger partial charge < -0.3 is 16.0 Å². The van der Waals surface area contributed by atoms with E-state index in [-0.39, 0.29) is 35.8 Å². The van der Waals surface area contributed by atoms with Gasteiger partial charge in [-0.05, 0) is 36.5 Å². The molecule has 1 saturated heterocycles. The van der Waals surface area contributed by atoms with Gasteiger partial charge in [0.1, 0.15) is 0 Å². The number of halogens is 4. The van der Waals surface area contributed by atoms with Gasteiger partial charge in [0.25, 0.3) is 0 Å². The molecule has 0 aliphatic carbocycles. The summed E-state index contributed by atoms with van der Waals surface area (Å²) in [5.74, 6) is 0.574. The molecule has 0 aromatic heterocycles. The van der Waals surface area contributed by atoms with Crippen molar-refractivity contribution < 1.29 is 18.0 Å². The number of guanidine groups is 1. The molecule has 1 atom stereocenters. The van der Waals surface area contributed by atoms with Gasteiger partial charge in [-0.15, -0.1) is 24.0 Å². The van der Waals surface area contributed by atoms with Crippen molar-refractivity contribution in [3.8, 4) is 0 Å². The Hall–Kier alpha value is -1.52. The van der Waals surface area contributed by atoms with E-state index in [9.17, 15) is 18.0 Å². The molecule has 1 aliphatic rings. The molecule has 0 spiro atoms. The summed E-state index contributed by atoms with van der Waals surface area (Å²) in [4.78, 5) is 17.4. The Kier molecular flexibility index (Phi) is 8.65. The molecule has 26 heavy (non-hydrogen) atoms. The molecule has 1 heterocycles. The van der Waals surface area contributed by atoms with E-state index in [1.165, 1.54) is 12.1 Å². The van der Waals surface area contributed by atoms with E-state index in [4.69, 9.17) is 5.73 Å². The van der Waals surface area contributed by atoms with E-state index < -0.39 is 11.7 Å². The number of carbonyl (C=O) groups excluding carboxylic acids is 1. The van der Waals surface area contributed by atoms with Crippen LogP contribution in [0.4, 0.5) is 13.2 Å². The molecule has 5 nitrogen and oxygen atoms in total. The summed E-state index contributed by atoms with van der Waals surface area (Å²) < 4.78 is 37.8. The first kappa shape index (κ1) is 22.5. The minimum Gasteiger partial charge on any atom is -0.370 e. The number of rotatable bonds is 4. The Labute approximate surface area is 168 Å². The van der Waals surface area contributed by atoms with Crippen LogP contribution < -0.4 is 11.1 Å². The third kappa shape index (κ3) is 6.65. The summed E-state index contributed by atoms with van der Waals surface area (Å²) in [6.07, 6.45) is -2.08. The van der Waals surface area contributed by atoms with E-state index in [1.807, 2.05) is 0 Å². The lowest BCUT2D eigenvalue weighted by molar-refractivity contribution is -0.137. The van der Waals surface area contributed by atoms with Crippen LogP contribution in [0.1, 0.15) is 30.4 Å². The molecular formula is C17H24F3IN4O. The van der Waals surface area contributed by atoms with Crippen molar-refractivity contribution in [1.29, 1.82) is 0 Å². The summed E-state index contributed by atoms with van der Waals surface area (Å²) in [6.45, 7) is 1.89. The maximum Gasteiger partial charge on any atom is 0.416 e. The SMILES string of the molecule is CN=C(NCc1ccc(C(F)(F)F)cc1)N1CCCC(CC(N)=O)C1.I. The van der Waals surface area contributed by atoms with Gasteiger partial charge in [-0.2, -0.15) is 13.2 Å². The smallest absolute Gasteiger partial charge is 0.370 e. The Balaban J connectivity index is 0.00000338. The number of hydrogen-bond acceptors (Lipinski definition) is 2. The fourth-order valence-corrected chi connectivity index (χ4v) is 3.03. The Morgan fingerprint density at radius 3 is 2.54 bits per heavy atom. The zero-order valence-electron chi connectivity index (χ0n) is 14.6. The lowest BCUT2D eigenvalue weighted by Gasteiger charge is -2.34. The molecule has 2 rings (SSSR count). The molecule has 0 saturated carbocycles. The summed E-state index contributed by atoms with van der Waals surface area (Å²) in [5, 5.41) is 3.17. The number of likely N-dealkylation sites (tertiary alicyclic amines) is 1. The minimum atomic E-state index is -4.33. The van der Waals surface area contributed by atoms with Gasteiger partial charge in [-0.25, -0.2) is 0 Å². The predicted octanol–water partition coefficient (Wildman–Crippen LogP) is 2.99. The van der Waals surface area contributed by atoms with Crippen LogP contribution in [0.5, 0.6) is 0 Å². The van der Waals surface area contributed by atoms with E-state index >= 15 is 0 Å². The van der Waals surface area contributed by atoms with Gasteiger partial charge in [0, 0.05) is 33.1 Å². The highest BCUT2D eigenvalue weighted by Gasteiger charge is 2.30. The molecular weight excluding hydrogens is 460 g/mol. The molecule has 9 heteroatoms. The number of amides is 1. The summed E-state index contributed by atoms with van der Waals surface area (Å²) in [6, 6.07) is 5.05. The number of nitrogens with zero attached hydrogens (tertiary/aromatic N) is 2. The second-order valence-corrected chi connectivity index (χ2v) is 6.22. The predicted molar refractivity (Wildman–Crippen MR) is 105 cm³/mol. The fraction of sp³-hybridized carbons (Fsp3) is 0.529. The molecule has 1 amide bonds. The number of benzene rings is 1. The minimum absolute atomic E-state index is 0. The number of primary amides is 1. The first-order valence-electron chi connectivity index (χ1n) is 8.19. The standard InChI is InChI=1S/C17H23F3N4O.HI/c1-22-16(24-8-2-3-13(11-24)9-15(21)25)23-10-12-4-6-14(7-5-12)17(18,19)20;/h4-7,13H,2-3,8-11H2,1H3,(H2,21,25)(H,22,23);1H. The second kappa shape index (κ2) is 9.98.